The lowest BCUT2D eigenvalue weighted by Crippen LogP contribution is -2.27. The van der Waals surface area contributed by atoms with Crippen molar-refractivity contribution in [2.24, 2.45) is 5.73 Å². The van der Waals surface area contributed by atoms with E-state index in [2.05, 4.69) is 26.1 Å². The van der Waals surface area contributed by atoms with E-state index in [-0.39, 0.29) is 11.7 Å². The van der Waals surface area contributed by atoms with Gasteiger partial charge in [-0.15, -0.1) is 0 Å². The molecule has 3 rings (SSSR count). The second-order valence-corrected chi connectivity index (χ2v) is 5.93. The molecule has 1 fully saturated rings. The summed E-state index contributed by atoms with van der Waals surface area (Å²) in [4.78, 5) is 4.22. The van der Waals surface area contributed by atoms with Crippen LogP contribution in [-0.2, 0) is 4.74 Å². The Hall–Kier alpha value is -1.31. The number of benzene rings is 1. The van der Waals surface area contributed by atoms with Gasteiger partial charge in [0.15, 0.2) is 5.82 Å². The fourth-order valence-electron chi connectivity index (χ4n) is 2.01. The summed E-state index contributed by atoms with van der Waals surface area (Å²) in [7, 11) is 0. The Morgan fingerprint density at radius 3 is 3.00 bits per heavy atom. The van der Waals surface area contributed by atoms with Crippen molar-refractivity contribution < 1.29 is 13.7 Å². The van der Waals surface area contributed by atoms with Crippen LogP contribution in [0.4, 0.5) is 4.39 Å². The van der Waals surface area contributed by atoms with Crippen LogP contribution < -0.4 is 5.73 Å². The van der Waals surface area contributed by atoms with Gasteiger partial charge in [0.1, 0.15) is 5.82 Å². The molecule has 0 bridgehead atoms. The smallest absolute Gasteiger partial charge is 0.259 e. The highest BCUT2D eigenvalue weighted by Crippen LogP contribution is 2.28. The standard InChI is InChI=1S/C14H15BrFN3O2/c15-11-5-4-8(16)6-10(11)14-18-13(19-21-14)12(17)7-20-9-2-1-3-9/h4-6,9,12H,1-3,7,17H2. The molecule has 1 unspecified atom stereocenters. The van der Waals surface area contributed by atoms with Crippen molar-refractivity contribution >= 4 is 15.9 Å². The third-order valence-corrected chi connectivity index (χ3v) is 4.19. The fourth-order valence-corrected chi connectivity index (χ4v) is 2.42. The third-order valence-electron chi connectivity index (χ3n) is 3.50. The fraction of sp³-hybridized carbons (Fsp3) is 0.429. The van der Waals surface area contributed by atoms with Gasteiger partial charge in [0.2, 0.25) is 0 Å². The van der Waals surface area contributed by atoms with Crippen LogP contribution in [0, 0.1) is 5.82 Å². The maximum absolute atomic E-state index is 13.3. The van der Waals surface area contributed by atoms with Crippen LogP contribution in [0.1, 0.15) is 31.1 Å². The number of ether oxygens (including phenoxy) is 1. The van der Waals surface area contributed by atoms with Crippen molar-refractivity contribution in [2.45, 2.75) is 31.4 Å². The Bertz CT molecular complexity index is 630. The number of aromatic nitrogens is 2. The van der Waals surface area contributed by atoms with Crippen LogP contribution in [0.2, 0.25) is 0 Å². The molecule has 1 saturated carbocycles. The summed E-state index contributed by atoms with van der Waals surface area (Å²) in [6, 6.07) is 3.82. The molecule has 1 aliphatic carbocycles. The van der Waals surface area contributed by atoms with E-state index in [9.17, 15) is 4.39 Å². The molecular formula is C14H15BrFN3O2. The molecule has 21 heavy (non-hydrogen) atoms. The number of hydrogen-bond donors (Lipinski definition) is 1. The third kappa shape index (κ3) is 3.30. The first-order chi connectivity index (χ1) is 10.1. The minimum atomic E-state index is -0.449. The summed E-state index contributed by atoms with van der Waals surface area (Å²) in [5.74, 6) is 0.224. The molecule has 5 nitrogen and oxygen atoms in total. The zero-order valence-corrected chi connectivity index (χ0v) is 12.8. The maximum Gasteiger partial charge on any atom is 0.259 e. The summed E-state index contributed by atoms with van der Waals surface area (Å²) < 4.78 is 24.8. The molecule has 1 aromatic carbocycles. The number of nitrogens with two attached hydrogens (primary N) is 1. The van der Waals surface area contributed by atoms with Crippen LogP contribution in [0.25, 0.3) is 11.5 Å². The average molecular weight is 356 g/mol. The van der Waals surface area contributed by atoms with Crippen LogP contribution in [0.5, 0.6) is 0 Å². The number of hydrogen-bond acceptors (Lipinski definition) is 5. The Labute approximate surface area is 129 Å². The highest BCUT2D eigenvalue weighted by molar-refractivity contribution is 9.10. The predicted octanol–water partition coefficient (Wildman–Crippen LogP) is 3.21. The molecule has 1 heterocycles. The van der Waals surface area contributed by atoms with E-state index >= 15 is 0 Å². The van der Waals surface area contributed by atoms with Crippen molar-refractivity contribution in [3.05, 3.63) is 34.3 Å². The van der Waals surface area contributed by atoms with Crippen LogP contribution in [0.3, 0.4) is 0 Å². The molecule has 0 spiro atoms. The summed E-state index contributed by atoms with van der Waals surface area (Å²) in [6.45, 7) is 0.355. The highest BCUT2D eigenvalue weighted by atomic mass is 79.9. The van der Waals surface area contributed by atoms with Crippen molar-refractivity contribution in [3.8, 4) is 11.5 Å². The summed E-state index contributed by atoms with van der Waals surface area (Å²) in [5, 5.41) is 3.85. The molecule has 1 aromatic heterocycles. The molecule has 7 heteroatoms. The molecule has 0 aliphatic heterocycles. The van der Waals surface area contributed by atoms with Gasteiger partial charge in [0, 0.05) is 4.47 Å². The summed E-state index contributed by atoms with van der Waals surface area (Å²) in [5.41, 5.74) is 6.49. The molecule has 1 aliphatic rings. The van der Waals surface area contributed by atoms with Crippen molar-refractivity contribution in [1.82, 2.24) is 10.1 Å². The maximum atomic E-state index is 13.3. The first-order valence-corrected chi connectivity index (χ1v) is 7.59. The lowest BCUT2D eigenvalue weighted by molar-refractivity contribution is -0.00549. The summed E-state index contributed by atoms with van der Waals surface area (Å²) in [6.07, 6.45) is 3.68. The van der Waals surface area contributed by atoms with E-state index in [4.69, 9.17) is 15.0 Å². The molecule has 1 atom stereocenters. The van der Waals surface area contributed by atoms with E-state index < -0.39 is 6.04 Å². The van der Waals surface area contributed by atoms with Crippen LogP contribution in [-0.4, -0.2) is 22.9 Å². The van der Waals surface area contributed by atoms with E-state index in [1.165, 1.54) is 18.6 Å². The summed E-state index contributed by atoms with van der Waals surface area (Å²) >= 11 is 3.33. The van der Waals surface area contributed by atoms with Crippen LogP contribution in [0.15, 0.2) is 27.2 Å². The van der Waals surface area contributed by atoms with E-state index in [0.29, 0.717) is 28.6 Å². The van der Waals surface area contributed by atoms with Gasteiger partial charge in [0.05, 0.1) is 24.3 Å². The second kappa shape index (κ2) is 6.21. The average Bonchev–Trinajstić information content (AvgIpc) is 2.89. The lowest BCUT2D eigenvalue weighted by Gasteiger charge is -2.26. The van der Waals surface area contributed by atoms with Gasteiger partial charge in [-0.05, 0) is 53.4 Å². The van der Waals surface area contributed by atoms with Gasteiger partial charge in [-0.1, -0.05) is 5.16 Å². The first-order valence-electron chi connectivity index (χ1n) is 6.79. The van der Waals surface area contributed by atoms with Crippen molar-refractivity contribution in [3.63, 3.8) is 0 Å². The van der Waals surface area contributed by atoms with E-state index in [1.54, 1.807) is 6.07 Å². The normalized spacial score (nSPS) is 16.7. The van der Waals surface area contributed by atoms with E-state index in [0.717, 1.165) is 12.8 Å². The molecule has 2 N–H and O–H groups in total. The van der Waals surface area contributed by atoms with Gasteiger partial charge in [0.25, 0.3) is 5.89 Å². The SMILES string of the molecule is NC(COC1CCC1)c1noc(-c2cc(F)ccc2Br)n1. The minimum absolute atomic E-state index is 0.232. The predicted molar refractivity (Wildman–Crippen MR) is 77.9 cm³/mol. The minimum Gasteiger partial charge on any atom is -0.376 e. The molecule has 0 amide bonds. The topological polar surface area (TPSA) is 74.2 Å². The largest absolute Gasteiger partial charge is 0.376 e. The second-order valence-electron chi connectivity index (χ2n) is 5.07. The number of nitrogens with zero attached hydrogens (tertiary/aromatic N) is 2. The van der Waals surface area contributed by atoms with Crippen molar-refractivity contribution in [1.29, 1.82) is 0 Å². The Kier molecular flexibility index (Phi) is 4.32. The van der Waals surface area contributed by atoms with Crippen molar-refractivity contribution in [2.75, 3.05) is 6.61 Å². The molecule has 2 aromatic rings. The first kappa shape index (κ1) is 14.6. The molecule has 112 valence electrons. The van der Waals surface area contributed by atoms with Gasteiger partial charge in [-0.25, -0.2) is 4.39 Å². The molecule has 0 radical (unpaired) electrons. The number of halogens is 2. The van der Waals surface area contributed by atoms with E-state index in [1.807, 2.05) is 0 Å². The van der Waals surface area contributed by atoms with Gasteiger partial charge < -0.3 is 15.0 Å². The van der Waals surface area contributed by atoms with Gasteiger partial charge in [-0.3, -0.25) is 0 Å². The monoisotopic (exact) mass is 355 g/mol. The molecular weight excluding hydrogens is 341 g/mol. The van der Waals surface area contributed by atoms with Crippen LogP contribution >= 0.6 is 15.9 Å². The Balaban J connectivity index is 1.71. The highest BCUT2D eigenvalue weighted by Gasteiger charge is 2.22. The zero-order chi connectivity index (χ0) is 14.8. The molecule has 0 saturated heterocycles. The number of rotatable bonds is 5. The lowest BCUT2D eigenvalue weighted by atomic mass is 9.96. The Morgan fingerprint density at radius 1 is 1.48 bits per heavy atom. The zero-order valence-electron chi connectivity index (χ0n) is 11.3. The van der Waals surface area contributed by atoms with Gasteiger partial charge >= 0.3 is 0 Å². The quantitative estimate of drug-likeness (QED) is 0.891. The Morgan fingerprint density at radius 2 is 2.29 bits per heavy atom. The van der Waals surface area contributed by atoms with Gasteiger partial charge in [-0.2, -0.15) is 4.98 Å².